The predicted molar refractivity (Wildman–Crippen MR) is 146 cm³/mol. The highest BCUT2D eigenvalue weighted by Crippen LogP contribution is 2.15. The van der Waals surface area contributed by atoms with Gasteiger partial charge < -0.3 is 10.6 Å². The summed E-state index contributed by atoms with van der Waals surface area (Å²) in [5, 5.41) is 7.22. The lowest BCUT2D eigenvalue weighted by Gasteiger charge is -2.31. The van der Waals surface area contributed by atoms with Gasteiger partial charge in [-0.25, -0.2) is 5.43 Å². The highest BCUT2D eigenvalue weighted by Gasteiger charge is 2.19. The highest BCUT2D eigenvalue weighted by molar-refractivity contribution is 7.99. The fourth-order valence-corrected chi connectivity index (χ4v) is 5.19. The SMILES string of the molecule is C=C(NC1CCNCC1)C(CCSCC)NNC(CCCCCC)CCCCCCCC. The summed E-state index contributed by atoms with van der Waals surface area (Å²) in [7, 11) is 0. The van der Waals surface area contributed by atoms with E-state index in [4.69, 9.17) is 0 Å². The Morgan fingerprint density at radius 3 is 2.06 bits per heavy atom. The van der Waals surface area contributed by atoms with Crippen molar-refractivity contribution in [1.29, 1.82) is 0 Å². The molecule has 0 amide bonds. The zero-order valence-electron chi connectivity index (χ0n) is 21.8. The molecule has 0 radical (unpaired) electrons. The van der Waals surface area contributed by atoms with Crippen LogP contribution in [0.15, 0.2) is 12.3 Å². The van der Waals surface area contributed by atoms with Gasteiger partial charge in [-0.3, -0.25) is 5.43 Å². The van der Waals surface area contributed by atoms with Gasteiger partial charge in [-0.1, -0.05) is 91.6 Å². The van der Waals surface area contributed by atoms with Crippen LogP contribution in [0.1, 0.15) is 117 Å². The Balaban J connectivity index is 2.51. The molecule has 2 unspecified atom stereocenters. The lowest BCUT2D eigenvalue weighted by Crippen LogP contribution is -2.51. The molecule has 190 valence electrons. The number of rotatable bonds is 22. The summed E-state index contributed by atoms with van der Waals surface area (Å²) in [6, 6.07) is 1.44. The Labute approximate surface area is 205 Å². The zero-order valence-corrected chi connectivity index (χ0v) is 22.6. The van der Waals surface area contributed by atoms with Crippen molar-refractivity contribution in [3.8, 4) is 0 Å². The lowest BCUT2D eigenvalue weighted by molar-refractivity contribution is 0.327. The Hall–Kier alpha value is -0.230. The number of hydrogen-bond acceptors (Lipinski definition) is 5. The van der Waals surface area contributed by atoms with Crippen molar-refractivity contribution in [2.45, 2.75) is 135 Å². The molecule has 0 aromatic heterocycles. The molecule has 1 fully saturated rings. The van der Waals surface area contributed by atoms with E-state index in [-0.39, 0.29) is 0 Å². The molecule has 1 aliphatic heterocycles. The first-order valence-corrected chi connectivity index (χ1v) is 15.1. The van der Waals surface area contributed by atoms with Crippen LogP contribution in [0.2, 0.25) is 0 Å². The van der Waals surface area contributed by atoms with Gasteiger partial charge in [0.05, 0.1) is 6.04 Å². The first kappa shape index (κ1) is 29.8. The van der Waals surface area contributed by atoms with Crippen LogP contribution in [-0.2, 0) is 0 Å². The van der Waals surface area contributed by atoms with Gasteiger partial charge in [0.25, 0.3) is 0 Å². The molecule has 0 aromatic carbocycles. The van der Waals surface area contributed by atoms with E-state index in [0.717, 1.165) is 19.5 Å². The number of nitrogens with one attached hydrogen (secondary N) is 4. The molecular formula is C27H56N4S. The van der Waals surface area contributed by atoms with Gasteiger partial charge in [0.2, 0.25) is 0 Å². The number of hydrazine groups is 1. The van der Waals surface area contributed by atoms with E-state index in [1.54, 1.807) is 0 Å². The Morgan fingerprint density at radius 1 is 0.844 bits per heavy atom. The lowest BCUT2D eigenvalue weighted by atomic mass is 10.0. The van der Waals surface area contributed by atoms with Gasteiger partial charge in [-0.2, -0.15) is 11.8 Å². The summed E-state index contributed by atoms with van der Waals surface area (Å²) in [6.07, 6.45) is 19.7. The van der Waals surface area contributed by atoms with Gasteiger partial charge in [0.15, 0.2) is 0 Å². The van der Waals surface area contributed by atoms with Crippen molar-refractivity contribution < 1.29 is 0 Å². The molecule has 0 aliphatic carbocycles. The van der Waals surface area contributed by atoms with E-state index in [9.17, 15) is 0 Å². The minimum atomic E-state index is 0.298. The summed E-state index contributed by atoms with van der Waals surface area (Å²) in [6.45, 7) is 13.5. The van der Waals surface area contributed by atoms with Crippen molar-refractivity contribution in [3.63, 3.8) is 0 Å². The Bertz CT molecular complexity index is 426. The minimum Gasteiger partial charge on any atom is -0.385 e. The fourth-order valence-electron chi connectivity index (χ4n) is 4.50. The van der Waals surface area contributed by atoms with Gasteiger partial charge in [-0.15, -0.1) is 0 Å². The third kappa shape index (κ3) is 15.6. The summed E-state index contributed by atoms with van der Waals surface area (Å²) >= 11 is 2.03. The van der Waals surface area contributed by atoms with E-state index in [2.05, 4.69) is 48.8 Å². The summed E-state index contributed by atoms with van der Waals surface area (Å²) in [5.74, 6) is 2.37. The summed E-state index contributed by atoms with van der Waals surface area (Å²) < 4.78 is 0. The van der Waals surface area contributed by atoms with E-state index < -0.39 is 0 Å². The van der Waals surface area contributed by atoms with Crippen molar-refractivity contribution in [3.05, 3.63) is 12.3 Å². The van der Waals surface area contributed by atoms with Crippen molar-refractivity contribution in [1.82, 2.24) is 21.5 Å². The molecule has 4 nitrogen and oxygen atoms in total. The molecule has 0 bridgehead atoms. The predicted octanol–water partition coefficient (Wildman–Crippen LogP) is 6.54. The maximum Gasteiger partial charge on any atom is 0.0611 e. The number of hydrogen-bond donors (Lipinski definition) is 4. The molecule has 1 heterocycles. The second-order valence-electron chi connectivity index (χ2n) is 9.62. The monoisotopic (exact) mass is 468 g/mol. The van der Waals surface area contributed by atoms with Crippen LogP contribution in [-0.4, -0.2) is 42.7 Å². The normalized spacial score (nSPS) is 16.7. The summed E-state index contributed by atoms with van der Waals surface area (Å²) in [5.41, 5.74) is 8.67. The van der Waals surface area contributed by atoms with E-state index in [0.29, 0.717) is 18.1 Å². The van der Waals surface area contributed by atoms with Crippen LogP contribution < -0.4 is 21.5 Å². The van der Waals surface area contributed by atoms with Crippen LogP contribution in [0.4, 0.5) is 0 Å². The quantitative estimate of drug-likeness (QED) is 0.107. The van der Waals surface area contributed by atoms with E-state index in [1.807, 2.05) is 11.8 Å². The van der Waals surface area contributed by atoms with E-state index in [1.165, 1.54) is 107 Å². The van der Waals surface area contributed by atoms with Crippen molar-refractivity contribution in [2.75, 3.05) is 24.6 Å². The molecule has 1 rings (SSSR count). The number of thioether (sulfide) groups is 1. The average molecular weight is 469 g/mol. The number of unbranched alkanes of at least 4 members (excludes halogenated alkanes) is 8. The first-order chi connectivity index (χ1) is 15.7. The molecular weight excluding hydrogens is 412 g/mol. The van der Waals surface area contributed by atoms with Gasteiger partial charge in [-0.05, 0) is 56.7 Å². The Morgan fingerprint density at radius 2 is 1.44 bits per heavy atom. The van der Waals surface area contributed by atoms with Crippen LogP contribution in [0.5, 0.6) is 0 Å². The van der Waals surface area contributed by atoms with Gasteiger partial charge in [0, 0.05) is 17.8 Å². The van der Waals surface area contributed by atoms with Crippen molar-refractivity contribution in [2.24, 2.45) is 0 Å². The largest absolute Gasteiger partial charge is 0.385 e. The van der Waals surface area contributed by atoms with Gasteiger partial charge in [0.1, 0.15) is 0 Å². The van der Waals surface area contributed by atoms with Gasteiger partial charge >= 0.3 is 0 Å². The van der Waals surface area contributed by atoms with Crippen LogP contribution in [0.3, 0.4) is 0 Å². The first-order valence-electron chi connectivity index (χ1n) is 14.0. The standard InChI is InChI=1S/C27H56N4S/c1-5-8-10-12-13-15-17-26(16-14-11-9-6-2)30-31-27(20-23-32-7-3)24(4)29-25-18-21-28-22-19-25/h25-31H,4-23H2,1-3H3. The second kappa shape index (κ2) is 21.3. The van der Waals surface area contributed by atoms with Crippen molar-refractivity contribution >= 4 is 11.8 Å². The third-order valence-corrected chi connectivity index (χ3v) is 7.61. The van der Waals surface area contributed by atoms with Crippen LogP contribution in [0.25, 0.3) is 0 Å². The highest BCUT2D eigenvalue weighted by atomic mass is 32.2. The third-order valence-electron chi connectivity index (χ3n) is 6.68. The second-order valence-corrected chi connectivity index (χ2v) is 11.0. The van der Waals surface area contributed by atoms with Crippen LogP contribution >= 0.6 is 11.8 Å². The number of piperidine rings is 1. The topological polar surface area (TPSA) is 48.1 Å². The molecule has 5 heteroatoms. The molecule has 1 saturated heterocycles. The maximum atomic E-state index is 4.45. The smallest absolute Gasteiger partial charge is 0.0611 e. The van der Waals surface area contributed by atoms with Crippen LogP contribution in [0, 0.1) is 0 Å². The molecule has 2 atom stereocenters. The maximum absolute atomic E-state index is 4.45. The molecule has 4 N–H and O–H groups in total. The molecule has 1 aliphatic rings. The molecule has 32 heavy (non-hydrogen) atoms. The fraction of sp³-hybridized carbons (Fsp3) is 0.926. The average Bonchev–Trinajstić information content (AvgIpc) is 2.81. The molecule has 0 saturated carbocycles. The minimum absolute atomic E-state index is 0.298. The zero-order chi connectivity index (χ0) is 23.3. The Kier molecular flexibility index (Phi) is 19.8. The molecule has 0 spiro atoms. The summed E-state index contributed by atoms with van der Waals surface area (Å²) in [4.78, 5) is 0. The molecule has 0 aromatic rings. The van der Waals surface area contributed by atoms with E-state index >= 15 is 0 Å².